The highest BCUT2D eigenvalue weighted by molar-refractivity contribution is 5.95. The van der Waals surface area contributed by atoms with Crippen LogP contribution in [-0.4, -0.2) is 30.1 Å². The van der Waals surface area contributed by atoms with Crippen molar-refractivity contribution in [3.05, 3.63) is 33.9 Å². The summed E-state index contributed by atoms with van der Waals surface area (Å²) in [5, 5.41) is 15.6. The number of carbonyl (C=O) groups is 1. The smallest absolute Gasteiger partial charge is 0.383 e. The molecule has 116 valence electrons. The van der Waals surface area contributed by atoms with Gasteiger partial charge in [0, 0.05) is 24.7 Å². The highest BCUT2D eigenvalue weighted by atomic mass is 19.4. The van der Waals surface area contributed by atoms with Crippen molar-refractivity contribution in [1.29, 1.82) is 0 Å². The van der Waals surface area contributed by atoms with Crippen molar-refractivity contribution < 1.29 is 22.9 Å². The summed E-state index contributed by atoms with van der Waals surface area (Å²) in [6, 6.07) is 2.51. The molecule has 0 saturated carbocycles. The van der Waals surface area contributed by atoms with Crippen LogP contribution < -0.4 is 10.6 Å². The lowest BCUT2D eigenvalue weighted by atomic mass is 10.1. The first-order valence-corrected chi connectivity index (χ1v) is 5.98. The fraction of sp³-hybridized carbons (Fsp3) is 0.417. The van der Waals surface area contributed by atoms with Crippen molar-refractivity contribution in [3.8, 4) is 0 Å². The van der Waals surface area contributed by atoms with Crippen molar-refractivity contribution in [3.63, 3.8) is 0 Å². The Morgan fingerprint density at radius 1 is 1.43 bits per heavy atom. The average Bonchev–Trinajstić information content (AvgIpc) is 2.35. The molecule has 21 heavy (non-hydrogen) atoms. The summed E-state index contributed by atoms with van der Waals surface area (Å²) in [7, 11) is 1.48. The number of benzene rings is 1. The van der Waals surface area contributed by atoms with Gasteiger partial charge in [-0.05, 0) is 19.1 Å². The van der Waals surface area contributed by atoms with E-state index in [9.17, 15) is 28.1 Å². The van der Waals surface area contributed by atoms with Gasteiger partial charge in [0.1, 0.15) is 5.69 Å². The fourth-order valence-electron chi connectivity index (χ4n) is 1.74. The predicted octanol–water partition coefficient (Wildman–Crippen LogP) is 2.71. The summed E-state index contributed by atoms with van der Waals surface area (Å²) in [5.74, 6) is -0.794. The molecule has 0 fully saturated rings. The summed E-state index contributed by atoms with van der Waals surface area (Å²) in [6.45, 7) is 1.21. The molecular weight excluding hydrogens is 291 g/mol. The first kappa shape index (κ1) is 16.7. The van der Waals surface area contributed by atoms with E-state index in [2.05, 4.69) is 10.6 Å². The second-order valence-corrected chi connectivity index (χ2v) is 4.43. The van der Waals surface area contributed by atoms with Gasteiger partial charge in [0.05, 0.1) is 11.3 Å². The minimum absolute atomic E-state index is 0.0743. The molecule has 0 aromatic heterocycles. The maximum Gasteiger partial charge on any atom is 0.391 e. The molecule has 1 rings (SSSR count). The molecule has 6 nitrogen and oxygen atoms in total. The second kappa shape index (κ2) is 6.42. The lowest BCUT2D eigenvalue weighted by Gasteiger charge is -2.16. The molecule has 0 heterocycles. The van der Waals surface area contributed by atoms with Crippen LogP contribution >= 0.6 is 0 Å². The number of hydrogen-bond donors (Lipinski definition) is 2. The summed E-state index contributed by atoms with van der Waals surface area (Å²) in [4.78, 5) is 22.0. The number of alkyl halides is 3. The average molecular weight is 305 g/mol. The van der Waals surface area contributed by atoms with Crippen LogP contribution in [0, 0.1) is 10.1 Å². The maximum absolute atomic E-state index is 12.2. The zero-order valence-electron chi connectivity index (χ0n) is 11.3. The zero-order chi connectivity index (χ0) is 16.2. The lowest BCUT2D eigenvalue weighted by Crippen LogP contribution is -2.35. The molecule has 1 unspecified atom stereocenters. The number of hydrogen-bond acceptors (Lipinski definition) is 4. The summed E-state index contributed by atoms with van der Waals surface area (Å²) >= 11 is 0. The van der Waals surface area contributed by atoms with E-state index in [1.54, 1.807) is 0 Å². The van der Waals surface area contributed by atoms with Crippen molar-refractivity contribution in [2.24, 2.45) is 0 Å². The summed E-state index contributed by atoms with van der Waals surface area (Å²) in [5.41, 5.74) is -0.191. The van der Waals surface area contributed by atoms with Crippen molar-refractivity contribution in [2.45, 2.75) is 25.6 Å². The van der Waals surface area contributed by atoms with Gasteiger partial charge in [-0.2, -0.15) is 13.2 Å². The quantitative estimate of drug-likeness (QED) is 0.647. The van der Waals surface area contributed by atoms with Crippen LogP contribution in [0.3, 0.4) is 0 Å². The standard InChI is InChI=1S/C12H14F3N3O3/c1-7(6-12(13,14)15)17-11(19)8-3-4-9(16-2)10(5-8)18(20)21/h3-5,7,16H,6H2,1-2H3,(H,17,19). The van der Waals surface area contributed by atoms with Crippen molar-refractivity contribution in [1.82, 2.24) is 5.32 Å². The van der Waals surface area contributed by atoms with Crippen LogP contribution in [0.1, 0.15) is 23.7 Å². The van der Waals surface area contributed by atoms with Gasteiger partial charge in [0.2, 0.25) is 0 Å². The van der Waals surface area contributed by atoms with E-state index in [0.717, 1.165) is 6.07 Å². The molecule has 1 atom stereocenters. The van der Waals surface area contributed by atoms with Crippen LogP contribution in [0.5, 0.6) is 0 Å². The topological polar surface area (TPSA) is 84.3 Å². The van der Waals surface area contributed by atoms with Gasteiger partial charge >= 0.3 is 6.18 Å². The monoisotopic (exact) mass is 305 g/mol. The maximum atomic E-state index is 12.2. The van der Waals surface area contributed by atoms with Gasteiger partial charge in [0.15, 0.2) is 0 Å². The molecule has 1 amide bonds. The van der Waals surface area contributed by atoms with E-state index >= 15 is 0 Å². The Hall–Kier alpha value is -2.32. The van der Waals surface area contributed by atoms with Gasteiger partial charge in [-0.25, -0.2) is 0 Å². The number of carbonyl (C=O) groups excluding carboxylic acids is 1. The third kappa shape index (κ3) is 4.93. The molecule has 1 aromatic rings. The largest absolute Gasteiger partial charge is 0.391 e. The van der Waals surface area contributed by atoms with E-state index in [0.29, 0.717) is 0 Å². The van der Waals surface area contributed by atoms with Crippen LogP contribution in [0.25, 0.3) is 0 Å². The molecule has 2 N–H and O–H groups in total. The molecule has 0 spiro atoms. The van der Waals surface area contributed by atoms with Gasteiger partial charge < -0.3 is 10.6 Å². The number of nitro groups is 1. The van der Waals surface area contributed by atoms with E-state index in [-0.39, 0.29) is 16.9 Å². The molecular formula is C12H14F3N3O3. The predicted molar refractivity (Wildman–Crippen MR) is 70.2 cm³/mol. The lowest BCUT2D eigenvalue weighted by molar-refractivity contribution is -0.384. The number of nitrogens with one attached hydrogen (secondary N) is 2. The van der Waals surface area contributed by atoms with E-state index in [4.69, 9.17) is 0 Å². The first-order valence-electron chi connectivity index (χ1n) is 5.98. The highest BCUT2D eigenvalue weighted by Gasteiger charge is 2.30. The third-order valence-electron chi connectivity index (χ3n) is 2.64. The van der Waals surface area contributed by atoms with E-state index < -0.39 is 29.5 Å². The molecule has 0 bridgehead atoms. The molecule has 9 heteroatoms. The van der Waals surface area contributed by atoms with Crippen LogP contribution in [0.15, 0.2) is 18.2 Å². The minimum atomic E-state index is -4.39. The first-order chi connectivity index (χ1) is 9.64. The van der Waals surface area contributed by atoms with Crippen LogP contribution in [0.2, 0.25) is 0 Å². The molecule has 1 aromatic carbocycles. The summed E-state index contributed by atoms with van der Waals surface area (Å²) < 4.78 is 36.5. The Kier molecular flexibility index (Phi) is 5.12. The normalized spacial score (nSPS) is 12.6. The summed E-state index contributed by atoms with van der Waals surface area (Å²) in [6.07, 6.45) is -5.57. The number of rotatable bonds is 5. The molecule has 0 aliphatic heterocycles. The molecule has 0 radical (unpaired) electrons. The number of nitro benzene ring substituents is 1. The van der Waals surface area contributed by atoms with Gasteiger partial charge in [-0.15, -0.1) is 0 Å². The minimum Gasteiger partial charge on any atom is -0.383 e. The number of amides is 1. The molecule has 0 saturated heterocycles. The number of halogens is 3. The number of anilines is 1. The van der Waals surface area contributed by atoms with Gasteiger partial charge in [0.25, 0.3) is 11.6 Å². The Labute approximate surface area is 118 Å². The van der Waals surface area contributed by atoms with E-state index in [1.165, 1.54) is 26.1 Å². The zero-order valence-corrected chi connectivity index (χ0v) is 11.3. The Balaban J connectivity index is 2.88. The molecule has 0 aliphatic rings. The Morgan fingerprint density at radius 3 is 2.52 bits per heavy atom. The highest BCUT2D eigenvalue weighted by Crippen LogP contribution is 2.25. The van der Waals surface area contributed by atoms with Crippen molar-refractivity contribution >= 4 is 17.3 Å². The molecule has 0 aliphatic carbocycles. The van der Waals surface area contributed by atoms with E-state index in [1.807, 2.05) is 0 Å². The van der Waals surface area contributed by atoms with Gasteiger partial charge in [-0.3, -0.25) is 14.9 Å². The fourth-order valence-corrected chi connectivity index (χ4v) is 1.74. The second-order valence-electron chi connectivity index (χ2n) is 4.43. The van der Waals surface area contributed by atoms with Crippen LogP contribution in [-0.2, 0) is 0 Å². The SMILES string of the molecule is CNc1ccc(C(=O)NC(C)CC(F)(F)F)cc1[N+](=O)[O-]. The Bertz CT molecular complexity index is 546. The third-order valence-corrected chi connectivity index (χ3v) is 2.64. The Morgan fingerprint density at radius 2 is 2.05 bits per heavy atom. The van der Waals surface area contributed by atoms with Crippen molar-refractivity contribution in [2.75, 3.05) is 12.4 Å². The number of nitrogens with zero attached hydrogens (tertiary/aromatic N) is 1. The van der Waals surface area contributed by atoms with Gasteiger partial charge in [-0.1, -0.05) is 0 Å². The van der Waals surface area contributed by atoms with Crippen LogP contribution in [0.4, 0.5) is 24.5 Å².